The Bertz CT molecular complexity index is 1070. The Morgan fingerprint density at radius 3 is 2.61 bits per heavy atom. The highest BCUT2D eigenvalue weighted by Crippen LogP contribution is 2.30. The number of H-pyrrole nitrogens is 1. The molecule has 1 aliphatic rings. The summed E-state index contributed by atoms with van der Waals surface area (Å²) >= 11 is 0. The molecule has 1 atom stereocenters. The van der Waals surface area contributed by atoms with Crippen LogP contribution in [0.5, 0.6) is 5.75 Å². The van der Waals surface area contributed by atoms with Gasteiger partial charge in [0.2, 0.25) is 5.56 Å². The van der Waals surface area contributed by atoms with E-state index in [-0.39, 0.29) is 11.8 Å². The van der Waals surface area contributed by atoms with Crippen LogP contribution in [-0.2, 0) is 0 Å². The number of benzene rings is 2. The number of aryl methyl sites for hydroxylation is 1. The summed E-state index contributed by atoms with van der Waals surface area (Å²) in [5.74, 6) is 0.703. The standard InChI is InChI=1S/C22H23N3O3/c1-14-18(11-7-16-8-12-19(26)24-21(14)16)15-5-9-17(10-6-15)28-20-4-2-3-13-25(20)22(23)27/h5-12,20H,2-4,13H2,1H3,(H2,23,27)(H,24,26). The van der Waals surface area contributed by atoms with E-state index in [1.165, 1.54) is 6.07 Å². The summed E-state index contributed by atoms with van der Waals surface area (Å²) in [5, 5.41) is 1.00. The van der Waals surface area contributed by atoms with Crippen molar-refractivity contribution >= 4 is 16.9 Å². The number of piperidine rings is 1. The number of rotatable bonds is 3. The van der Waals surface area contributed by atoms with Crippen LogP contribution in [0.1, 0.15) is 24.8 Å². The average Bonchev–Trinajstić information content (AvgIpc) is 2.70. The molecule has 144 valence electrons. The van der Waals surface area contributed by atoms with Gasteiger partial charge in [0, 0.05) is 19.0 Å². The highest BCUT2D eigenvalue weighted by Gasteiger charge is 2.26. The van der Waals surface area contributed by atoms with Crippen molar-refractivity contribution in [2.75, 3.05) is 6.54 Å². The third-order valence-corrected chi connectivity index (χ3v) is 5.33. The molecule has 6 heteroatoms. The lowest BCUT2D eigenvalue weighted by Gasteiger charge is -2.34. The van der Waals surface area contributed by atoms with E-state index in [4.69, 9.17) is 10.5 Å². The van der Waals surface area contributed by atoms with Gasteiger partial charge >= 0.3 is 6.03 Å². The molecule has 0 spiro atoms. The average molecular weight is 377 g/mol. The number of hydrogen-bond donors (Lipinski definition) is 2. The predicted molar refractivity (Wildman–Crippen MR) is 109 cm³/mol. The van der Waals surface area contributed by atoms with E-state index in [2.05, 4.69) is 11.1 Å². The fourth-order valence-electron chi connectivity index (χ4n) is 3.83. The Morgan fingerprint density at radius 2 is 1.86 bits per heavy atom. The van der Waals surface area contributed by atoms with Crippen molar-refractivity contribution in [3.63, 3.8) is 0 Å². The minimum atomic E-state index is -0.442. The lowest BCUT2D eigenvalue weighted by Crippen LogP contribution is -2.49. The van der Waals surface area contributed by atoms with Crippen molar-refractivity contribution < 1.29 is 9.53 Å². The van der Waals surface area contributed by atoms with Gasteiger partial charge < -0.3 is 15.5 Å². The Hall–Kier alpha value is -3.28. The normalized spacial score (nSPS) is 16.9. The highest BCUT2D eigenvalue weighted by molar-refractivity contribution is 5.88. The SMILES string of the molecule is Cc1c(-c2ccc(OC3CCCCN3C(N)=O)cc2)ccc2ccc(=O)[nH]c12. The lowest BCUT2D eigenvalue weighted by atomic mass is 9.98. The van der Waals surface area contributed by atoms with Crippen LogP contribution in [0.3, 0.4) is 0 Å². The van der Waals surface area contributed by atoms with Crippen LogP contribution in [0.15, 0.2) is 53.3 Å². The number of nitrogens with two attached hydrogens (primary N) is 1. The first-order valence-electron chi connectivity index (χ1n) is 9.49. The van der Waals surface area contributed by atoms with Crippen LogP contribution < -0.4 is 16.0 Å². The first-order chi connectivity index (χ1) is 13.5. The van der Waals surface area contributed by atoms with Gasteiger partial charge in [0.1, 0.15) is 5.75 Å². The second-order valence-corrected chi connectivity index (χ2v) is 7.15. The molecule has 4 rings (SSSR count). The molecule has 6 nitrogen and oxygen atoms in total. The van der Waals surface area contributed by atoms with E-state index in [0.717, 1.165) is 46.9 Å². The number of urea groups is 1. The monoisotopic (exact) mass is 377 g/mol. The van der Waals surface area contributed by atoms with Crippen LogP contribution >= 0.6 is 0 Å². The minimum absolute atomic E-state index is 0.108. The molecular weight excluding hydrogens is 354 g/mol. The van der Waals surface area contributed by atoms with Crippen LogP contribution in [0.25, 0.3) is 22.0 Å². The number of hydrogen-bond acceptors (Lipinski definition) is 3. The topological polar surface area (TPSA) is 88.4 Å². The summed E-state index contributed by atoms with van der Waals surface area (Å²) in [6, 6.07) is 14.8. The Kier molecular flexibility index (Phi) is 4.77. The van der Waals surface area contributed by atoms with Gasteiger partial charge in [0.05, 0.1) is 5.52 Å². The number of carbonyl (C=O) groups excluding carboxylic acids is 1. The summed E-state index contributed by atoms with van der Waals surface area (Å²) in [6.07, 6.45) is 2.43. The van der Waals surface area contributed by atoms with Gasteiger partial charge in [0.25, 0.3) is 0 Å². The van der Waals surface area contributed by atoms with Gasteiger partial charge in [-0.15, -0.1) is 0 Å². The maximum Gasteiger partial charge on any atom is 0.317 e. The van der Waals surface area contributed by atoms with Crippen molar-refractivity contribution in [1.82, 2.24) is 9.88 Å². The molecule has 2 aromatic carbocycles. The largest absolute Gasteiger partial charge is 0.470 e. The molecule has 0 radical (unpaired) electrons. The van der Waals surface area contributed by atoms with E-state index in [1.54, 1.807) is 4.90 Å². The zero-order chi connectivity index (χ0) is 19.7. The fourth-order valence-corrected chi connectivity index (χ4v) is 3.83. The molecule has 0 aliphatic carbocycles. The number of nitrogens with zero attached hydrogens (tertiary/aromatic N) is 1. The van der Waals surface area contributed by atoms with Gasteiger partial charge in [0.15, 0.2) is 6.23 Å². The van der Waals surface area contributed by atoms with Crippen LogP contribution in [0, 0.1) is 6.92 Å². The number of carbonyl (C=O) groups is 1. The van der Waals surface area contributed by atoms with Crippen molar-refractivity contribution in [2.45, 2.75) is 32.4 Å². The van der Waals surface area contributed by atoms with Gasteiger partial charge in [-0.25, -0.2) is 4.79 Å². The molecular formula is C22H23N3O3. The lowest BCUT2D eigenvalue weighted by molar-refractivity contribution is 0.0270. The second-order valence-electron chi connectivity index (χ2n) is 7.15. The number of amides is 2. The first kappa shape index (κ1) is 18.1. The van der Waals surface area contributed by atoms with Crippen LogP contribution in [0.2, 0.25) is 0 Å². The number of aromatic nitrogens is 1. The smallest absolute Gasteiger partial charge is 0.317 e. The zero-order valence-corrected chi connectivity index (χ0v) is 15.8. The van der Waals surface area contributed by atoms with Crippen LogP contribution in [0.4, 0.5) is 4.79 Å². The van der Waals surface area contributed by atoms with Gasteiger partial charge in [-0.05, 0) is 60.0 Å². The Labute approximate surface area is 162 Å². The minimum Gasteiger partial charge on any atom is -0.470 e. The fraction of sp³-hybridized carbons (Fsp3) is 0.273. The van der Waals surface area contributed by atoms with Crippen molar-refractivity contribution in [1.29, 1.82) is 0 Å². The summed E-state index contributed by atoms with van der Waals surface area (Å²) in [7, 11) is 0. The molecule has 2 heterocycles. The highest BCUT2D eigenvalue weighted by atomic mass is 16.5. The summed E-state index contributed by atoms with van der Waals surface area (Å²) in [5.41, 5.74) is 9.32. The third kappa shape index (κ3) is 3.45. The molecule has 1 fully saturated rings. The Balaban J connectivity index is 1.60. The zero-order valence-electron chi connectivity index (χ0n) is 15.8. The van der Waals surface area contributed by atoms with E-state index in [1.807, 2.05) is 43.3 Å². The molecule has 1 aromatic heterocycles. The summed E-state index contributed by atoms with van der Waals surface area (Å²) < 4.78 is 6.01. The number of pyridine rings is 1. The maximum absolute atomic E-state index is 11.7. The number of fused-ring (bicyclic) bond motifs is 1. The van der Waals surface area contributed by atoms with Crippen molar-refractivity contribution in [3.05, 3.63) is 64.4 Å². The van der Waals surface area contributed by atoms with Gasteiger partial charge in [-0.1, -0.05) is 24.3 Å². The first-order valence-corrected chi connectivity index (χ1v) is 9.49. The number of likely N-dealkylation sites (tertiary alicyclic amines) is 1. The number of ether oxygens (including phenoxy) is 1. The summed E-state index contributed by atoms with van der Waals surface area (Å²) in [6.45, 7) is 2.64. The quantitative estimate of drug-likeness (QED) is 0.728. The van der Waals surface area contributed by atoms with Crippen molar-refractivity contribution in [3.8, 4) is 16.9 Å². The molecule has 28 heavy (non-hydrogen) atoms. The predicted octanol–water partition coefficient (Wildman–Crippen LogP) is 3.77. The van der Waals surface area contributed by atoms with E-state index in [9.17, 15) is 9.59 Å². The van der Waals surface area contributed by atoms with E-state index < -0.39 is 6.03 Å². The second kappa shape index (κ2) is 7.38. The van der Waals surface area contributed by atoms with E-state index >= 15 is 0 Å². The number of nitrogens with one attached hydrogen (secondary N) is 1. The van der Waals surface area contributed by atoms with Gasteiger partial charge in [-0.3, -0.25) is 9.69 Å². The molecule has 0 bridgehead atoms. The molecule has 1 saturated heterocycles. The van der Waals surface area contributed by atoms with Crippen molar-refractivity contribution in [2.24, 2.45) is 5.73 Å². The summed E-state index contributed by atoms with van der Waals surface area (Å²) in [4.78, 5) is 27.8. The molecule has 2 amide bonds. The van der Waals surface area contributed by atoms with Crippen LogP contribution in [-0.4, -0.2) is 28.7 Å². The number of aromatic amines is 1. The van der Waals surface area contributed by atoms with Gasteiger partial charge in [-0.2, -0.15) is 0 Å². The number of primary amides is 1. The Morgan fingerprint density at radius 1 is 1.11 bits per heavy atom. The molecule has 3 N–H and O–H groups in total. The molecule has 0 saturated carbocycles. The third-order valence-electron chi connectivity index (χ3n) is 5.33. The molecule has 1 unspecified atom stereocenters. The molecule has 1 aliphatic heterocycles. The van der Waals surface area contributed by atoms with E-state index in [0.29, 0.717) is 12.3 Å². The maximum atomic E-state index is 11.7. The molecule has 3 aromatic rings.